The number of halogens is 1. The topological polar surface area (TPSA) is 99.3 Å². The molecular formula is C24H29FN4O5S. The van der Waals surface area contributed by atoms with Crippen LogP contribution in [-0.2, 0) is 26.0 Å². The number of hydrogen-bond donors (Lipinski definition) is 1. The minimum absolute atomic E-state index is 0.0390. The molecule has 1 saturated heterocycles. The number of aryl methyl sites for hydroxylation is 1. The van der Waals surface area contributed by atoms with Crippen molar-refractivity contribution in [1.82, 2.24) is 9.62 Å². The molecule has 1 fully saturated rings. The number of rotatable bonds is 5. The molecule has 0 aromatic heterocycles. The van der Waals surface area contributed by atoms with E-state index < -0.39 is 16.1 Å². The van der Waals surface area contributed by atoms with Crippen LogP contribution in [0.3, 0.4) is 0 Å². The highest BCUT2D eigenvalue weighted by Crippen LogP contribution is 2.30. The van der Waals surface area contributed by atoms with Crippen LogP contribution in [0.5, 0.6) is 0 Å². The molecule has 35 heavy (non-hydrogen) atoms. The molecule has 0 saturated carbocycles. The summed E-state index contributed by atoms with van der Waals surface area (Å²) in [4.78, 5) is 30.5. The number of sulfonamides is 1. The number of carbonyl (C=O) groups is 2. The monoisotopic (exact) mass is 504 g/mol. The van der Waals surface area contributed by atoms with Crippen LogP contribution in [0.4, 0.5) is 20.6 Å². The Kier molecular flexibility index (Phi) is 7.15. The molecule has 0 radical (unpaired) electrons. The first-order valence-electron chi connectivity index (χ1n) is 11.5. The smallest absolute Gasteiger partial charge is 0.420 e. The fourth-order valence-corrected chi connectivity index (χ4v) is 5.54. The molecule has 0 bridgehead atoms. The second kappa shape index (κ2) is 10.1. The summed E-state index contributed by atoms with van der Waals surface area (Å²) in [7, 11) is -2.92. The Morgan fingerprint density at radius 1 is 1.03 bits per heavy atom. The molecule has 4 rings (SSSR count). The molecule has 0 unspecified atom stereocenters. The van der Waals surface area contributed by atoms with Crippen LogP contribution in [-0.4, -0.2) is 71.2 Å². The summed E-state index contributed by atoms with van der Waals surface area (Å²) in [6.45, 7) is 4.94. The minimum Gasteiger partial charge on any atom is -0.452 e. The molecule has 1 N–H and O–H groups in total. The van der Waals surface area contributed by atoms with Crippen molar-refractivity contribution in [2.45, 2.75) is 30.7 Å². The van der Waals surface area contributed by atoms with Gasteiger partial charge in [0.15, 0.2) is 0 Å². The third-order valence-electron chi connectivity index (χ3n) is 6.53. The predicted molar refractivity (Wildman–Crippen MR) is 129 cm³/mol. The molecule has 2 heterocycles. The number of nitrogens with one attached hydrogen (secondary N) is 1. The van der Waals surface area contributed by atoms with E-state index in [1.54, 1.807) is 24.3 Å². The van der Waals surface area contributed by atoms with Gasteiger partial charge in [-0.05, 0) is 67.8 Å². The number of amides is 2. The van der Waals surface area contributed by atoms with E-state index in [1.165, 1.54) is 18.2 Å². The molecule has 2 aromatic carbocycles. The average Bonchev–Trinajstić information content (AvgIpc) is 2.87. The van der Waals surface area contributed by atoms with Crippen molar-refractivity contribution >= 4 is 33.4 Å². The van der Waals surface area contributed by atoms with Gasteiger partial charge in [-0.1, -0.05) is 0 Å². The molecular weight excluding hydrogens is 475 g/mol. The van der Waals surface area contributed by atoms with Crippen LogP contribution >= 0.6 is 0 Å². The van der Waals surface area contributed by atoms with E-state index in [1.807, 2.05) is 16.5 Å². The Morgan fingerprint density at radius 2 is 1.71 bits per heavy atom. The van der Waals surface area contributed by atoms with Crippen LogP contribution in [0.1, 0.15) is 18.9 Å². The summed E-state index contributed by atoms with van der Waals surface area (Å²) in [6.07, 6.45) is 0.634. The van der Waals surface area contributed by atoms with E-state index in [4.69, 9.17) is 0 Å². The van der Waals surface area contributed by atoms with Crippen LogP contribution in [0.15, 0.2) is 47.4 Å². The zero-order chi connectivity index (χ0) is 25.2. The first-order valence-corrected chi connectivity index (χ1v) is 13.0. The second-order valence-electron chi connectivity index (χ2n) is 8.65. The Balaban J connectivity index is 1.37. The zero-order valence-electron chi connectivity index (χ0n) is 19.7. The number of ether oxygens (including phenoxy) is 1. The maximum absolute atomic E-state index is 13.6. The third-order valence-corrected chi connectivity index (χ3v) is 7.86. The van der Waals surface area contributed by atoms with Gasteiger partial charge in [-0.3, -0.25) is 4.79 Å². The van der Waals surface area contributed by atoms with Crippen molar-refractivity contribution in [3.05, 3.63) is 53.8 Å². The number of fused-ring (bicyclic) bond motifs is 1. The van der Waals surface area contributed by atoms with Crippen molar-refractivity contribution in [3.63, 3.8) is 0 Å². The van der Waals surface area contributed by atoms with Crippen LogP contribution < -0.4 is 14.5 Å². The van der Waals surface area contributed by atoms with Crippen molar-refractivity contribution in [2.24, 2.45) is 0 Å². The van der Waals surface area contributed by atoms with E-state index >= 15 is 0 Å². The molecule has 188 valence electrons. The fraction of sp³-hybridized carbons (Fsp3) is 0.417. The summed E-state index contributed by atoms with van der Waals surface area (Å²) in [5.74, 6) is -0.219. The number of nitrogens with zero attached hydrogens (tertiary/aromatic N) is 3. The molecule has 2 aromatic rings. The normalized spacial score (nSPS) is 16.9. The Labute approximate surface area is 204 Å². The maximum atomic E-state index is 13.6. The number of benzene rings is 2. The number of anilines is 2. The SMILES string of the molecule is COC(=O)NS(=O)(=O)c1ccc(N2CCN(C(=O)[C@H](C)N3CCCc4cc(F)ccc43)CC2)cc1. The molecule has 2 aliphatic heterocycles. The van der Waals surface area contributed by atoms with Crippen molar-refractivity contribution < 1.29 is 27.1 Å². The Morgan fingerprint density at radius 3 is 2.37 bits per heavy atom. The van der Waals surface area contributed by atoms with Crippen LogP contribution in [0.25, 0.3) is 0 Å². The highest BCUT2D eigenvalue weighted by atomic mass is 32.2. The quantitative estimate of drug-likeness (QED) is 0.667. The Hall–Kier alpha value is -3.34. The third kappa shape index (κ3) is 5.34. The van der Waals surface area contributed by atoms with E-state index in [0.717, 1.165) is 43.4 Å². The van der Waals surface area contributed by atoms with E-state index in [0.29, 0.717) is 26.2 Å². The van der Waals surface area contributed by atoms with Gasteiger partial charge in [-0.25, -0.2) is 22.3 Å². The summed E-state index contributed by atoms with van der Waals surface area (Å²) in [5.41, 5.74) is 2.69. The lowest BCUT2D eigenvalue weighted by atomic mass is 9.99. The standard InChI is InChI=1S/C24H29FN4O5S/c1-17(29-11-3-4-18-16-19(25)5-10-22(18)29)23(30)28-14-12-27(13-15-28)20-6-8-21(9-7-20)35(32,33)26-24(31)34-2/h5-10,16-17H,3-4,11-15H2,1-2H3,(H,26,31)/t17-/m0/s1. The summed E-state index contributed by atoms with van der Waals surface area (Å²) in [5, 5.41) is 0. The van der Waals surface area contributed by atoms with Crippen molar-refractivity contribution in [2.75, 3.05) is 49.6 Å². The maximum Gasteiger partial charge on any atom is 0.420 e. The number of carbonyl (C=O) groups excluding carboxylic acids is 2. The molecule has 2 amide bonds. The van der Waals surface area contributed by atoms with Gasteiger partial charge in [0.2, 0.25) is 5.91 Å². The molecule has 2 aliphatic rings. The number of methoxy groups -OCH3 is 1. The number of hydrogen-bond acceptors (Lipinski definition) is 7. The van der Waals surface area contributed by atoms with Gasteiger partial charge in [0.1, 0.15) is 11.9 Å². The largest absolute Gasteiger partial charge is 0.452 e. The lowest BCUT2D eigenvalue weighted by Gasteiger charge is -2.41. The summed E-state index contributed by atoms with van der Waals surface area (Å²) < 4.78 is 44.2. The van der Waals surface area contributed by atoms with Gasteiger partial charge in [-0.2, -0.15) is 0 Å². The lowest BCUT2D eigenvalue weighted by Crippen LogP contribution is -2.55. The minimum atomic E-state index is -4.00. The zero-order valence-corrected chi connectivity index (χ0v) is 20.6. The van der Waals surface area contributed by atoms with Crippen molar-refractivity contribution in [3.8, 4) is 0 Å². The molecule has 0 aliphatic carbocycles. The van der Waals surface area contributed by atoms with Gasteiger partial charge in [0.25, 0.3) is 10.0 Å². The van der Waals surface area contributed by atoms with Gasteiger partial charge >= 0.3 is 6.09 Å². The molecule has 1 atom stereocenters. The summed E-state index contributed by atoms with van der Waals surface area (Å²) >= 11 is 0. The lowest BCUT2D eigenvalue weighted by molar-refractivity contribution is -0.132. The van der Waals surface area contributed by atoms with Gasteiger partial charge in [0.05, 0.1) is 12.0 Å². The molecule has 11 heteroatoms. The summed E-state index contributed by atoms with van der Waals surface area (Å²) in [6, 6.07) is 10.6. The first-order chi connectivity index (χ1) is 16.7. The fourth-order valence-electron chi connectivity index (χ4n) is 4.63. The van der Waals surface area contributed by atoms with Crippen molar-refractivity contribution in [1.29, 1.82) is 0 Å². The van der Waals surface area contributed by atoms with Gasteiger partial charge < -0.3 is 19.4 Å². The van der Waals surface area contributed by atoms with E-state index in [-0.39, 0.29) is 22.7 Å². The highest BCUT2D eigenvalue weighted by Gasteiger charge is 2.31. The van der Waals surface area contributed by atoms with Gasteiger partial charge in [0, 0.05) is 44.1 Å². The Bertz CT molecular complexity index is 1200. The van der Waals surface area contributed by atoms with Gasteiger partial charge in [-0.15, -0.1) is 0 Å². The first kappa shape index (κ1) is 24.8. The van der Waals surface area contributed by atoms with E-state index in [9.17, 15) is 22.4 Å². The van der Waals surface area contributed by atoms with E-state index in [2.05, 4.69) is 14.5 Å². The van der Waals surface area contributed by atoms with Crippen LogP contribution in [0.2, 0.25) is 0 Å². The second-order valence-corrected chi connectivity index (χ2v) is 10.3. The highest BCUT2D eigenvalue weighted by molar-refractivity contribution is 7.90. The molecule has 9 nitrogen and oxygen atoms in total. The average molecular weight is 505 g/mol. The molecule has 0 spiro atoms. The predicted octanol–water partition coefficient (Wildman–Crippen LogP) is 2.36. The van der Waals surface area contributed by atoms with Crippen LogP contribution in [0, 0.1) is 5.82 Å². The number of piperazine rings is 1.